The topological polar surface area (TPSA) is 69.8 Å². The van der Waals surface area contributed by atoms with E-state index < -0.39 is 0 Å². The van der Waals surface area contributed by atoms with Crippen molar-refractivity contribution in [3.05, 3.63) is 24.3 Å². The summed E-state index contributed by atoms with van der Waals surface area (Å²) in [6, 6.07) is 6.61. The van der Waals surface area contributed by atoms with Crippen molar-refractivity contribution in [2.45, 2.75) is 0 Å². The number of carbonyl (C=O) groups excluding carboxylic acids is 1. The summed E-state index contributed by atoms with van der Waals surface area (Å²) in [4.78, 5) is 15.3. The highest BCUT2D eigenvalue weighted by Crippen LogP contribution is 2.22. The molecule has 1 heterocycles. The molecule has 0 aromatic heterocycles. The number of urea groups is 1. The number of hydrogen-bond donors (Lipinski definition) is 2. The van der Waals surface area contributed by atoms with Crippen molar-refractivity contribution in [2.75, 3.05) is 31.1 Å². The Hall–Kier alpha value is -1.75. The molecule has 0 radical (unpaired) electrons. The number of carbonyl (C=O) groups is 1. The Kier molecular flexibility index (Phi) is 2.96. The molecule has 1 aromatic rings. The van der Waals surface area contributed by atoms with Crippen LogP contribution in [0.25, 0.3) is 0 Å². The van der Waals surface area contributed by atoms with Gasteiger partial charge >= 0.3 is 6.03 Å². The molecule has 5 nitrogen and oxygen atoms in total. The fourth-order valence-corrected chi connectivity index (χ4v) is 1.82. The van der Waals surface area contributed by atoms with Crippen LogP contribution in [0, 0.1) is 0 Å². The number of rotatable bonds is 3. The van der Waals surface area contributed by atoms with Crippen LogP contribution in [-0.2, 0) is 0 Å². The van der Waals surface area contributed by atoms with Gasteiger partial charge < -0.3 is 15.7 Å². The Labute approximate surface area is 94.1 Å². The zero-order valence-corrected chi connectivity index (χ0v) is 8.97. The third-order valence-corrected chi connectivity index (χ3v) is 2.66. The summed E-state index contributed by atoms with van der Waals surface area (Å²) in [5.41, 5.74) is 6.24. The molecule has 0 unspecified atom stereocenters. The van der Waals surface area contributed by atoms with Crippen LogP contribution in [0.15, 0.2) is 24.3 Å². The minimum Gasteiger partial charge on any atom is -0.508 e. The van der Waals surface area contributed by atoms with Gasteiger partial charge in [-0.25, -0.2) is 4.79 Å². The van der Waals surface area contributed by atoms with Gasteiger partial charge in [0.2, 0.25) is 0 Å². The smallest absolute Gasteiger partial charge is 0.324 e. The van der Waals surface area contributed by atoms with Crippen molar-refractivity contribution in [1.29, 1.82) is 0 Å². The molecule has 1 saturated heterocycles. The van der Waals surface area contributed by atoms with Crippen LogP contribution < -0.4 is 10.6 Å². The molecule has 1 aromatic carbocycles. The first kappa shape index (κ1) is 10.8. The van der Waals surface area contributed by atoms with E-state index in [1.807, 2.05) is 0 Å². The quantitative estimate of drug-likeness (QED) is 0.785. The average molecular weight is 221 g/mol. The van der Waals surface area contributed by atoms with Crippen molar-refractivity contribution < 1.29 is 9.90 Å². The summed E-state index contributed by atoms with van der Waals surface area (Å²) >= 11 is 0. The lowest BCUT2D eigenvalue weighted by molar-refractivity contribution is 0.222. The fraction of sp³-hybridized carbons (Fsp3) is 0.364. The van der Waals surface area contributed by atoms with Gasteiger partial charge in [0.25, 0.3) is 0 Å². The van der Waals surface area contributed by atoms with Crippen molar-refractivity contribution in [3.8, 4) is 5.75 Å². The number of amides is 2. The molecule has 1 aliphatic rings. The molecule has 86 valence electrons. The van der Waals surface area contributed by atoms with E-state index in [1.165, 1.54) is 0 Å². The van der Waals surface area contributed by atoms with Gasteiger partial charge in [-0.15, -0.1) is 0 Å². The first-order valence-corrected chi connectivity index (χ1v) is 5.28. The van der Waals surface area contributed by atoms with E-state index in [0.717, 1.165) is 5.69 Å². The number of nitrogens with zero attached hydrogens (tertiary/aromatic N) is 2. The predicted octanol–water partition coefficient (Wildman–Crippen LogP) is 0.593. The lowest BCUT2D eigenvalue weighted by atomic mass is 10.3. The van der Waals surface area contributed by atoms with E-state index in [4.69, 9.17) is 5.73 Å². The Morgan fingerprint density at radius 2 is 1.94 bits per heavy atom. The van der Waals surface area contributed by atoms with Crippen LogP contribution in [0.3, 0.4) is 0 Å². The van der Waals surface area contributed by atoms with E-state index in [2.05, 4.69) is 0 Å². The minimum absolute atomic E-state index is 0.0175. The summed E-state index contributed by atoms with van der Waals surface area (Å²) in [7, 11) is 0. The number of nitrogens with two attached hydrogens (primary N) is 1. The molecule has 0 saturated carbocycles. The molecule has 2 amide bonds. The molecule has 1 aliphatic heterocycles. The minimum atomic E-state index is -0.0175. The number of hydrogen-bond acceptors (Lipinski definition) is 3. The maximum atomic E-state index is 11.9. The Bertz CT molecular complexity index is 377. The molecule has 5 heteroatoms. The Balaban J connectivity index is 2.12. The van der Waals surface area contributed by atoms with Gasteiger partial charge in [-0.1, -0.05) is 0 Å². The van der Waals surface area contributed by atoms with Crippen molar-refractivity contribution in [1.82, 2.24) is 4.90 Å². The van der Waals surface area contributed by atoms with Crippen LogP contribution in [0.1, 0.15) is 0 Å². The Morgan fingerprint density at radius 3 is 2.56 bits per heavy atom. The number of benzene rings is 1. The van der Waals surface area contributed by atoms with E-state index >= 15 is 0 Å². The standard InChI is InChI=1S/C11H15N3O2/c12-5-6-13-7-8-14(11(13)16)9-1-3-10(15)4-2-9/h1-4,15H,5-8,12H2. The normalized spacial score (nSPS) is 15.9. The van der Waals surface area contributed by atoms with Crippen LogP contribution in [-0.4, -0.2) is 42.2 Å². The molecule has 0 spiro atoms. The number of anilines is 1. The summed E-state index contributed by atoms with van der Waals surface area (Å²) in [6.45, 7) is 2.45. The molecule has 0 aliphatic carbocycles. The summed E-state index contributed by atoms with van der Waals surface area (Å²) < 4.78 is 0. The van der Waals surface area contributed by atoms with Gasteiger partial charge in [-0.2, -0.15) is 0 Å². The number of phenolic OH excluding ortho intramolecular Hbond substituents is 1. The second-order valence-corrected chi connectivity index (χ2v) is 3.73. The summed E-state index contributed by atoms with van der Waals surface area (Å²) in [5.74, 6) is 0.203. The van der Waals surface area contributed by atoms with Crippen molar-refractivity contribution in [3.63, 3.8) is 0 Å². The molecular weight excluding hydrogens is 206 g/mol. The zero-order chi connectivity index (χ0) is 11.5. The molecule has 1 fully saturated rings. The third-order valence-electron chi connectivity index (χ3n) is 2.66. The van der Waals surface area contributed by atoms with E-state index in [-0.39, 0.29) is 11.8 Å². The second kappa shape index (κ2) is 4.40. The van der Waals surface area contributed by atoms with Gasteiger partial charge in [-0.3, -0.25) is 4.90 Å². The van der Waals surface area contributed by atoms with Gasteiger partial charge in [0.1, 0.15) is 5.75 Å². The van der Waals surface area contributed by atoms with Gasteiger partial charge in [0.15, 0.2) is 0 Å². The maximum absolute atomic E-state index is 11.9. The first-order valence-electron chi connectivity index (χ1n) is 5.28. The number of aromatic hydroxyl groups is 1. The van der Waals surface area contributed by atoms with E-state index in [0.29, 0.717) is 26.2 Å². The highest BCUT2D eigenvalue weighted by atomic mass is 16.3. The molecular formula is C11H15N3O2. The second-order valence-electron chi connectivity index (χ2n) is 3.73. The van der Waals surface area contributed by atoms with Gasteiger partial charge in [0.05, 0.1) is 0 Å². The van der Waals surface area contributed by atoms with Crippen molar-refractivity contribution >= 4 is 11.7 Å². The van der Waals surface area contributed by atoms with Gasteiger partial charge in [-0.05, 0) is 24.3 Å². The predicted molar refractivity (Wildman–Crippen MR) is 61.5 cm³/mol. The molecule has 0 bridgehead atoms. The molecule has 16 heavy (non-hydrogen) atoms. The zero-order valence-electron chi connectivity index (χ0n) is 8.97. The van der Waals surface area contributed by atoms with Crippen LogP contribution in [0.5, 0.6) is 5.75 Å². The molecule has 3 N–H and O–H groups in total. The molecule has 0 atom stereocenters. The van der Waals surface area contributed by atoms with Gasteiger partial charge in [0, 0.05) is 31.9 Å². The largest absolute Gasteiger partial charge is 0.508 e. The highest BCUT2D eigenvalue weighted by molar-refractivity contribution is 5.94. The lowest BCUT2D eigenvalue weighted by Crippen LogP contribution is -2.34. The lowest BCUT2D eigenvalue weighted by Gasteiger charge is -2.18. The maximum Gasteiger partial charge on any atom is 0.324 e. The monoisotopic (exact) mass is 221 g/mol. The fourth-order valence-electron chi connectivity index (χ4n) is 1.82. The SMILES string of the molecule is NCCN1CCN(c2ccc(O)cc2)C1=O. The van der Waals surface area contributed by atoms with Crippen molar-refractivity contribution in [2.24, 2.45) is 5.73 Å². The number of phenols is 1. The summed E-state index contributed by atoms with van der Waals surface area (Å²) in [5, 5.41) is 9.17. The molecule has 2 rings (SSSR count). The first-order chi connectivity index (χ1) is 7.72. The highest BCUT2D eigenvalue weighted by Gasteiger charge is 2.28. The Morgan fingerprint density at radius 1 is 1.25 bits per heavy atom. The third kappa shape index (κ3) is 1.94. The van der Waals surface area contributed by atoms with Crippen LogP contribution in [0.4, 0.5) is 10.5 Å². The summed E-state index contributed by atoms with van der Waals surface area (Å²) in [6.07, 6.45) is 0. The average Bonchev–Trinajstić information content (AvgIpc) is 2.63. The van der Waals surface area contributed by atoms with Crippen LogP contribution >= 0.6 is 0 Å². The van der Waals surface area contributed by atoms with Crippen LogP contribution in [0.2, 0.25) is 0 Å². The van der Waals surface area contributed by atoms with E-state index in [1.54, 1.807) is 34.1 Å². The van der Waals surface area contributed by atoms with E-state index in [9.17, 15) is 9.90 Å².